The molecule has 5 aromatic carbocycles. The predicted molar refractivity (Wildman–Crippen MR) is 336 cm³/mol. The summed E-state index contributed by atoms with van der Waals surface area (Å²) < 4.78 is 5.66. The van der Waals surface area contributed by atoms with E-state index in [4.69, 9.17) is 4.74 Å². The number of carbonyl (C=O) groups is 1. The summed E-state index contributed by atoms with van der Waals surface area (Å²) in [5.74, 6) is 1.16. The normalized spacial score (nSPS) is 16.1. The van der Waals surface area contributed by atoms with E-state index in [1.807, 2.05) is 13.1 Å². The first-order valence-electron chi connectivity index (χ1n) is 28.6. The number of nitrogens with zero attached hydrogens (tertiary/aromatic N) is 7. The molecule has 5 aromatic rings. The van der Waals surface area contributed by atoms with Crippen molar-refractivity contribution in [2.75, 3.05) is 94.3 Å². The number of amides is 1. The maximum absolute atomic E-state index is 12.0. The van der Waals surface area contributed by atoms with E-state index in [-0.39, 0.29) is 33.6 Å². The zero-order valence-corrected chi connectivity index (χ0v) is 52.2. The summed E-state index contributed by atoms with van der Waals surface area (Å²) in [6.07, 6.45) is 3.72. The number of ether oxygens (including phenoxy) is 1. The van der Waals surface area contributed by atoms with Gasteiger partial charge in [-0.05, 0) is 245 Å². The molecule has 0 saturated heterocycles. The van der Waals surface area contributed by atoms with Crippen LogP contribution in [0.25, 0.3) is 0 Å². The molecular formula is C68H101N7O2. The van der Waals surface area contributed by atoms with Crippen LogP contribution in [0.5, 0.6) is 5.75 Å². The first kappa shape index (κ1) is 60.4. The molecule has 0 N–H and O–H groups in total. The number of hydrogen-bond donors (Lipinski definition) is 0. The van der Waals surface area contributed by atoms with E-state index in [1.54, 1.807) is 4.90 Å². The number of likely N-dealkylation sites (N-methyl/N-ethyl adjacent to an activating group) is 2. The molecule has 0 spiro atoms. The summed E-state index contributed by atoms with van der Waals surface area (Å²) in [6, 6.07) is 33.0. The van der Waals surface area contributed by atoms with E-state index in [0.717, 1.165) is 43.4 Å². The van der Waals surface area contributed by atoms with Crippen molar-refractivity contribution in [2.45, 2.75) is 185 Å². The second-order valence-electron chi connectivity index (χ2n) is 27.3. The Labute approximate surface area is 468 Å². The van der Waals surface area contributed by atoms with Gasteiger partial charge in [-0.2, -0.15) is 0 Å². The van der Waals surface area contributed by atoms with Crippen molar-refractivity contribution in [3.63, 3.8) is 0 Å². The summed E-state index contributed by atoms with van der Waals surface area (Å²) in [5, 5.41) is 0. The van der Waals surface area contributed by atoms with Crippen LogP contribution < -0.4 is 39.0 Å². The maximum atomic E-state index is 12.0. The molecule has 1 amide bonds. The Morgan fingerprint density at radius 1 is 0.377 bits per heavy atom. The Kier molecular flexibility index (Phi) is 18.5. The van der Waals surface area contributed by atoms with E-state index >= 15 is 0 Å². The highest BCUT2D eigenvalue weighted by Crippen LogP contribution is 2.40. The Morgan fingerprint density at radius 3 is 1.27 bits per heavy atom. The summed E-state index contributed by atoms with van der Waals surface area (Å²) in [4.78, 5) is 28.2. The lowest BCUT2D eigenvalue weighted by Crippen LogP contribution is -2.51. The minimum atomic E-state index is -0.0422. The number of benzene rings is 5. The molecule has 0 atom stereocenters. The van der Waals surface area contributed by atoms with E-state index in [9.17, 15) is 4.79 Å². The largest absolute Gasteiger partial charge is 0.490 e. The first-order chi connectivity index (χ1) is 35.6. The van der Waals surface area contributed by atoms with Gasteiger partial charge in [0.1, 0.15) is 12.4 Å². The van der Waals surface area contributed by atoms with Crippen LogP contribution in [0.3, 0.4) is 0 Å². The first-order valence-corrected chi connectivity index (χ1v) is 28.6. The third-order valence-electron chi connectivity index (χ3n) is 15.5. The van der Waals surface area contributed by atoms with Gasteiger partial charge in [-0.25, -0.2) is 0 Å². The molecule has 10 rings (SSSR count). The van der Waals surface area contributed by atoms with E-state index in [2.05, 4.69) is 260 Å². The molecule has 0 fully saturated rings. The molecule has 420 valence electrons. The van der Waals surface area contributed by atoms with Gasteiger partial charge >= 0.3 is 0 Å². The zero-order chi connectivity index (χ0) is 57.2. The number of fused-ring (bicyclic) bond motifs is 5. The second kappa shape index (κ2) is 23.6. The highest BCUT2D eigenvalue weighted by molar-refractivity contribution is 6.03. The Bertz CT molecular complexity index is 2740. The van der Waals surface area contributed by atoms with Gasteiger partial charge in [0.05, 0.1) is 41.5 Å². The minimum Gasteiger partial charge on any atom is -0.490 e. The number of carbonyl (C=O) groups excluding carboxylic acids is 1. The molecule has 5 heterocycles. The van der Waals surface area contributed by atoms with Gasteiger partial charge in [0, 0.05) is 79.3 Å². The van der Waals surface area contributed by atoms with Crippen molar-refractivity contribution in [3.8, 4) is 5.75 Å². The van der Waals surface area contributed by atoms with Gasteiger partial charge in [-0.15, -0.1) is 0 Å². The van der Waals surface area contributed by atoms with Crippen LogP contribution in [0.4, 0.5) is 39.8 Å². The van der Waals surface area contributed by atoms with Gasteiger partial charge in [0.2, 0.25) is 5.91 Å². The zero-order valence-electron chi connectivity index (χ0n) is 52.2. The van der Waals surface area contributed by atoms with Gasteiger partial charge in [-0.3, -0.25) is 4.79 Å². The van der Waals surface area contributed by atoms with Crippen LogP contribution in [-0.2, 0) is 17.6 Å². The van der Waals surface area contributed by atoms with Crippen molar-refractivity contribution >= 4 is 45.7 Å². The lowest BCUT2D eigenvalue weighted by atomic mass is 9.94. The topological polar surface area (TPSA) is 49.0 Å². The van der Waals surface area contributed by atoms with Crippen LogP contribution in [0.15, 0.2) is 91.0 Å². The van der Waals surface area contributed by atoms with E-state index < -0.39 is 0 Å². The monoisotopic (exact) mass is 1050 g/mol. The molecule has 77 heavy (non-hydrogen) atoms. The number of aryl methyl sites for hydroxylation is 6. The molecule has 0 aliphatic carbocycles. The second-order valence-corrected chi connectivity index (χ2v) is 27.3. The molecule has 0 bridgehead atoms. The van der Waals surface area contributed by atoms with E-state index in [1.165, 1.54) is 99.7 Å². The highest BCUT2D eigenvalue weighted by atomic mass is 16.5. The van der Waals surface area contributed by atoms with E-state index in [0.29, 0.717) is 6.54 Å². The third kappa shape index (κ3) is 15.1. The quantitative estimate of drug-likeness (QED) is 0.152. The standard InChI is InChI=1S/C14H20N2O.C14H22N2.C14H21N.C13H19NO.C13H19N/c1-10-6-7-11-12(8-10)16(14(2,3)4)9-13(17)15(11)5;1-11-6-7-12-13(10-11)16(14(2,3)4)9-8-15(12)5;1-11-7-8-12-6-5-9-15(13(12)10-11)14(2,3)4;1-10-5-6-12-11(9-10)14(7-8-15-12)13(2,3)4;1-10-5-6-11-7-8-14(12(11)9-10)13(2,3)4/h6-8H,9H2,1-5H3;6-7,10H,8-9H2,1-5H3;7-8,10H,5-6,9H2,1-4H3;5-6,9H,7-8H2,1-4H3;5-6,9H,7-8H2,1-4H3. The summed E-state index contributed by atoms with van der Waals surface area (Å²) in [5.41, 5.74) is 19.4. The number of anilines is 7. The molecular weight excluding hydrogens is 947 g/mol. The smallest absolute Gasteiger partial charge is 0.246 e. The lowest BCUT2D eigenvalue weighted by molar-refractivity contribution is -0.117. The van der Waals surface area contributed by atoms with Crippen molar-refractivity contribution in [1.29, 1.82) is 0 Å². The lowest BCUT2D eigenvalue weighted by Gasteiger charge is -2.44. The molecule has 5 aliphatic rings. The summed E-state index contributed by atoms with van der Waals surface area (Å²) in [7, 11) is 4.02. The highest BCUT2D eigenvalue weighted by Gasteiger charge is 2.34. The van der Waals surface area contributed by atoms with Crippen LogP contribution in [0.1, 0.15) is 149 Å². The molecule has 5 aliphatic heterocycles. The van der Waals surface area contributed by atoms with Gasteiger partial charge in [0.15, 0.2) is 0 Å². The van der Waals surface area contributed by atoms with Crippen LogP contribution in [0.2, 0.25) is 0 Å². The minimum absolute atomic E-state index is 0.0422. The Morgan fingerprint density at radius 2 is 0.766 bits per heavy atom. The fourth-order valence-corrected chi connectivity index (χ4v) is 11.1. The SMILES string of the molecule is Cc1ccc2c(c1)N(C(C)(C)C)CC(=O)N2C.Cc1ccc2c(c1)N(C(C)(C)C)CC2.Cc1ccc2c(c1)N(C(C)(C)C)CCC2.Cc1ccc2c(c1)N(C(C)(C)C)CCN2C.Cc1ccc2c(c1)N(C(C)(C)C)CCO2. The average molecular weight is 1050 g/mol. The van der Waals surface area contributed by atoms with Gasteiger partial charge < -0.3 is 39.0 Å². The molecule has 9 nitrogen and oxygen atoms in total. The summed E-state index contributed by atoms with van der Waals surface area (Å²) >= 11 is 0. The van der Waals surface area contributed by atoms with Crippen LogP contribution in [-0.4, -0.2) is 93.6 Å². The van der Waals surface area contributed by atoms with Crippen molar-refractivity contribution in [1.82, 2.24) is 0 Å². The maximum Gasteiger partial charge on any atom is 0.246 e. The molecule has 0 radical (unpaired) electrons. The average Bonchev–Trinajstić information content (AvgIpc) is 3.76. The van der Waals surface area contributed by atoms with Gasteiger partial charge in [0.25, 0.3) is 0 Å². The molecule has 0 unspecified atom stereocenters. The molecule has 9 heteroatoms. The van der Waals surface area contributed by atoms with Gasteiger partial charge in [-0.1, -0.05) is 42.5 Å². The fraction of sp³-hybridized carbons (Fsp3) is 0.544. The third-order valence-corrected chi connectivity index (χ3v) is 15.5. The Balaban J connectivity index is 0.000000156. The fourth-order valence-electron chi connectivity index (χ4n) is 11.1. The number of hydrogen-bond acceptors (Lipinski definition) is 8. The summed E-state index contributed by atoms with van der Waals surface area (Å²) in [6.45, 7) is 51.2. The van der Waals surface area contributed by atoms with Crippen LogP contribution in [0, 0.1) is 34.6 Å². The number of rotatable bonds is 0. The van der Waals surface area contributed by atoms with Crippen molar-refractivity contribution < 1.29 is 9.53 Å². The Hall–Kier alpha value is -5.83. The predicted octanol–water partition coefficient (Wildman–Crippen LogP) is 15.3. The van der Waals surface area contributed by atoms with Crippen molar-refractivity contribution in [3.05, 3.63) is 130 Å². The molecule has 0 saturated carbocycles. The van der Waals surface area contributed by atoms with Crippen molar-refractivity contribution in [2.24, 2.45) is 0 Å². The molecule has 0 aromatic heterocycles. The van der Waals surface area contributed by atoms with Crippen LogP contribution >= 0.6 is 0 Å².